The van der Waals surface area contributed by atoms with E-state index >= 15 is 0 Å². The molecular formula is C28H39FN6O3. The van der Waals surface area contributed by atoms with Gasteiger partial charge < -0.3 is 24.8 Å². The van der Waals surface area contributed by atoms with Crippen LogP contribution in [0.15, 0.2) is 30.7 Å². The molecule has 2 atom stereocenters. The third-order valence-corrected chi connectivity index (χ3v) is 7.53. The number of carbonyl (C=O) groups excluding carboxylic acids is 2. The number of hydrogen-bond donors (Lipinski definition) is 2. The molecule has 10 heteroatoms. The molecule has 1 aliphatic carbocycles. The first-order valence-electron chi connectivity index (χ1n) is 13.4. The Labute approximate surface area is 224 Å². The Morgan fingerprint density at radius 2 is 1.95 bits per heavy atom. The van der Waals surface area contributed by atoms with Gasteiger partial charge in [-0.3, -0.25) is 4.79 Å². The molecule has 1 unspecified atom stereocenters. The van der Waals surface area contributed by atoms with Crippen LogP contribution >= 0.6 is 0 Å². The molecule has 38 heavy (non-hydrogen) atoms. The molecule has 3 heterocycles. The second-order valence-corrected chi connectivity index (χ2v) is 10.6. The molecule has 1 saturated heterocycles. The Bertz CT molecular complexity index is 1350. The number of amides is 3. The molecular weight excluding hydrogens is 487 g/mol. The number of imidazole rings is 1. The van der Waals surface area contributed by atoms with Gasteiger partial charge in [-0.05, 0) is 74.9 Å². The summed E-state index contributed by atoms with van der Waals surface area (Å²) >= 11 is 0. The van der Waals surface area contributed by atoms with Crippen molar-refractivity contribution in [3.63, 3.8) is 0 Å². The van der Waals surface area contributed by atoms with Crippen molar-refractivity contribution in [3.05, 3.63) is 42.1 Å². The molecule has 0 bridgehead atoms. The maximum atomic E-state index is 14.9. The first-order chi connectivity index (χ1) is 18.3. The van der Waals surface area contributed by atoms with Crippen LogP contribution in [0.5, 0.6) is 0 Å². The van der Waals surface area contributed by atoms with Gasteiger partial charge >= 0.3 is 6.03 Å². The van der Waals surface area contributed by atoms with Gasteiger partial charge in [-0.2, -0.15) is 0 Å². The Morgan fingerprint density at radius 1 is 1.16 bits per heavy atom. The number of fused-ring (bicyclic) bond motifs is 1. The molecule has 1 aromatic carbocycles. The Morgan fingerprint density at radius 3 is 2.71 bits per heavy atom. The summed E-state index contributed by atoms with van der Waals surface area (Å²) in [6, 6.07) is 5.22. The molecule has 1 saturated carbocycles. The van der Waals surface area contributed by atoms with Gasteiger partial charge in [0.1, 0.15) is 11.3 Å². The molecule has 0 spiro atoms. The molecule has 9 nitrogen and oxygen atoms in total. The van der Waals surface area contributed by atoms with Gasteiger partial charge in [0, 0.05) is 40.1 Å². The third-order valence-electron chi connectivity index (χ3n) is 7.53. The number of morpholine rings is 1. The molecule has 206 valence electrons. The molecule has 2 fully saturated rings. The fraction of sp³-hybridized carbons (Fsp3) is 0.500. The van der Waals surface area contributed by atoms with Crippen LogP contribution in [0.2, 0.25) is 0 Å². The number of hydrogen-bond acceptors (Lipinski definition) is 5. The summed E-state index contributed by atoms with van der Waals surface area (Å²) in [6.45, 7) is 8.24. The van der Waals surface area contributed by atoms with Crippen LogP contribution in [-0.2, 0) is 9.53 Å². The second-order valence-electron chi connectivity index (χ2n) is 10.6. The van der Waals surface area contributed by atoms with Gasteiger partial charge in [-0.15, -0.1) is 0 Å². The van der Waals surface area contributed by atoms with Crippen molar-refractivity contribution in [2.45, 2.75) is 58.5 Å². The molecule has 2 aliphatic rings. The third kappa shape index (κ3) is 5.50. The van der Waals surface area contributed by atoms with Crippen LogP contribution in [0.4, 0.5) is 15.0 Å². The highest BCUT2D eigenvalue weighted by Gasteiger charge is 2.30. The summed E-state index contributed by atoms with van der Waals surface area (Å²) in [5.74, 6) is -0.296. The van der Waals surface area contributed by atoms with Gasteiger partial charge in [0.25, 0.3) is 0 Å². The summed E-state index contributed by atoms with van der Waals surface area (Å²) in [6.07, 6.45) is 6.42. The first kappa shape index (κ1) is 26.1. The fourth-order valence-electron chi connectivity index (χ4n) is 5.38. The molecule has 3 amide bonds. The standard InChI is InChI=1S/C28H35FN6O3.2H2/c1-17(2)35-16-31-26-23(29)12-20(13-24(26)35)22-14-25(30-15-18(22)3)33-27(36)19-5-4-6-21(11-19)32-28(37)34-7-9-38-10-8-34;;/h12-17,19,21H,4-11H2,1-3H3,(H,32,37)(H,30,33,36);2*1H/t19?,21-;;/m1../s1. The SMILES string of the molecule is Cc1cnc(NC(=O)C2CCC[C@@H](NC(=O)N3CCOCC3)C2)cc1-c1cc(F)c2ncn(C(C)C)c2c1.[HH].[HH]. The highest BCUT2D eigenvalue weighted by Crippen LogP contribution is 2.32. The highest BCUT2D eigenvalue weighted by molar-refractivity contribution is 5.93. The molecule has 2 N–H and O–H groups in total. The predicted molar refractivity (Wildman–Crippen MR) is 148 cm³/mol. The van der Waals surface area contributed by atoms with E-state index in [1.807, 2.05) is 31.4 Å². The lowest BCUT2D eigenvalue weighted by molar-refractivity contribution is -0.121. The van der Waals surface area contributed by atoms with Crippen molar-refractivity contribution in [2.24, 2.45) is 5.92 Å². The minimum atomic E-state index is -0.383. The summed E-state index contributed by atoms with van der Waals surface area (Å²) < 4.78 is 22.2. The number of benzene rings is 1. The summed E-state index contributed by atoms with van der Waals surface area (Å²) in [7, 11) is 0. The Hall–Kier alpha value is -3.53. The van der Waals surface area contributed by atoms with E-state index in [0.717, 1.165) is 35.9 Å². The first-order valence-corrected chi connectivity index (χ1v) is 13.4. The van der Waals surface area contributed by atoms with Crippen LogP contribution < -0.4 is 10.6 Å². The number of anilines is 1. The van der Waals surface area contributed by atoms with Gasteiger partial charge in [0.15, 0.2) is 5.82 Å². The summed E-state index contributed by atoms with van der Waals surface area (Å²) in [5, 5.41) is 6.06. The number of carbonyl (C=O) groups is 2. The van der Waals surface area contributed by atoms with E-state index in [1.54, 1.807) is 23.5 Å². The van der Waals surface area contributed by atoms with Crippen molar-refractivity contribution in [2.75, 3.05) is 31.6 Å². The monoisotopic (exact) mass is 526 g/mol. The number of nitrogens with one attached hydrogen (secondary N) is 2. The van der Waals surface area contributed by atoms with Crippen LogP contribution in [-0.4, -0.2) is 63.7 Å². The lowest BCUT2D eigenvalue weighted by Gasteiger charge is -2.32. The highest BCUT2D eigenvalue weighted by atomic mass is 19.1. The van der Waals surface area contributed by atoms with Crippen LogP contribution in [0.1, 0.15) is 54.0 Å². The predicted octanol–water partition coefficient (Wildman–Crippen LogP) is 5.16. The lowest BCUT2D eigenvalue weighted by atomic mass is 9.85. The maximum absolute atomic E-state index is 14.9. The van der Waals surface area contributed by atoms with Gasteiger partial charge in [0.2, 0.25) is 5.91 Å². The van der Waals surface area contributed by atoms with E-state index in [0.29, 0.717) is 49.6 Å². The van der Waals surface area contributed by atoms with Crippen LogP contribution in [0.25, 0.3) is 22.2 Å². The van der Waals surface area contributed by atoms with Crippen LogP contribution in [0.3, 0.4) is 0 Å². The lowest BCUT2D eigenvalue weighted by Crippen LogP contribution is -2.50. The molecule has 1 aliphatic heterocycles. The number of urea groups is 1. The quantitative estimate of drug-likeness (QED) is 0.478. The maximum Gasteiger partial charge on any atom is 0.317 e. The Kier molecular flexibility index (Phi) is 7.60. The van der Waals surface area contributed by atoms with E-state index in [4.69, 9.17) is 4.74 Å². The number of pyridine rings is 1. The number of rotatable bonds is 5. The largest absolute Gasteiger partial charge is 0.378 e. The summed E-state index contributed by atoms with van der Waals surface area (Å²) in [5.41, 5.74) is 3.45. The minimum absolute atomic E-state index is 0. The van der Waals surface area contributed by atoms with Crippen molar-refractivity contribution in [3.8, 4) is 11.1 Å². The van der Waals surface area contributed by atoms with Crippen molar-refractivity contribution in [1.82, 2.24) is 24.8 Å². The van der Waals surface area contributed by atoms with Gasteiger partial charge in [-0.1, -0.05) is 6.42 Å². The molecule has 3 aromatic rings. The zero-order valence-corrected chi connectivity index (χ0v) is 22.2. The van der Waals surface area contributed by atoms with E-state index < -0.39 is 0 Å². The number of aromatic nitrogens is 3. The average molecular weight is 527 g/mol. The molecule has 5 rings (SSSR count). The number of nitrogens with zero attached hydrogens (tertiary/aromatic N) is 4. The zero-order chi connectivity index (χ0) is 26.8. The van der Waals surface area contributed by atoms with Gasteiger partial charge in [0.05, 0.1) is 25.1 Å². The van der Waals surface area contributed by atoms with Crippen molar-refractivity contribution >= 4 is 28.8 Å². The van der Waals surface area contributed by atoms with E-state index in [2.05, 4.69) is 20.6 Å². The topological polar surface area (TPSA) is 101 Å². The average Bonchev–Trinajstić information content (AvgIpc) is 3.35. The summed E-state index contributed by atoms with van der Waals surface area (Å²) in [4.78, 5) is 36.2. The van der Waals surface area contributed by atoms with E-state index in [1.165, 1.54) is 6.07 Å². The van der Waals surface area contributed by atoms with Crippen molar-refractivity contribution < 1.29 is 21.6 Å². The van der Waals surface area contributed by atoms with E-state index in [9.17, 15) is 14.0 Å². The zero-order valence-electron chi connectivity index (χ0n) is 22.2. The van der Waals surface area contributed by atoms with Crippen LogP contribution in [0, 0.1) is 18.7 Å². The van der Waals surface area contributed by atoms with E-state index in [-0.39, 0.29) is 38.6 Å². The number of aryl methyl sites for hydroxylation is 1. The minimum Gasteiger partial charge on any atom is -0.378 e. The normalized spacial score (nSPS) is 20.1. The number of halogens is 1. The smallest absolute Gasteiger partial charge is 0.317 e. The van der Waals surface area contributed by atoms with Gasteiger partial charge in [-0.25, -0.2) is 19.2 Å². The Balaban J connectivity index is 0.00000220. The second kappa shape index (κ2) is 11.1. The van der Waals surface area contributed by atoms with Crippen molar-refractivity contribution in [1.29, 1.82) is 0 Å². The fourth-order valence-corrected chi connectivity index (χ4v) is 5.38. The molecule has 2 aromatic heterocycles. The number of ether oxygens (including phenoxy) is 1. The molecule has 0 radical (unpaired) electrons.